The van der Waals surface area contributed by atoms with E-state index in [4.69, 9.17) is 16.6 Å². The Bertz CT molecular complexity index is 1230. The van der Waals surface area contributed by atoms with E-state index >= 15 is 0 Å². The Balaban J connectivity index is 1.45. The molecule has 0 radical (unpaired) electrons. The number of nitrogen functional groups attached to an aromatic ring is 2. The number of aromatic nitrogens is 3. The fourth-order valence-electron chi connectivity index (χ4n) is 4.59. The van der Waals surface area contributed by atoms with Crippen LogP contribution < -0.4 is 11.5 Å². The zero-order valence-electron chi connectivity index (χ0n) is 18.5. The third-order valence-electron chi connectivity index (χ3n) is 6.01. The molecule has 5 rings (SSSR count). The molecule has 2 unspecified atom stereocenters. The molecule has 4 N–H and O–H groups in total. The van der Waals surface area contributed by atoms with E-state index in [0.717, 1.165) is 36.1 Å². The van der Waals surface area contributed by atoms with Crippen LogP contribution in [0.2, 0.25) is 0 Å². The first kappa shape index (κ1) is 22.1. The van der Waals surface area contributed by atoms with Crippen LogP contribution in [0.5, 0.6) is 0 Å². The van der Waals surface area contributed by atoms with E-state index in [1.807, 2.05) is 36.4 Å². The average molecular weight is 472 g/mol. The maximum absolute atomic E-state index is 13.4. The number of carbonyl (C=O) groups is 1. The lowest BCUT2D eigenvalue weighted by Gasteiger charge is -2.29. The van der Waals surface area contributed by atoms with E-state index in [0.29, 0.717) is 5.16 Å². The maximum Gasteiger partial charge on any atom is 0.253 e. The SMILES string of the molecule is Nc1nc(N)nc(SCC(=O)N2N=C3/C(=C\c4ccccc4)CCCC3C2c2ccccc2)n1. The number of rotatable bonds is 5. The van der Waals surface area contributed by atoms with Gasteiger partial charge < -0.3 is 11.5 Å². The number of amides is 1. The summed E-state index contributed by atoms with van der Waals surface area (Å²) < 4.78 is 0. The van der Waals surface area contributed by atoms with Gasteiger partial charge in [-0.2, -0.15) is 20.1 Å². The Morgan fingerprint density at radius 2 is 1.68 bits per heavy atom. The first-order valence-corrected chi connectivity index (χ1v) is 12.2. The maximum atomic E-state index is 13.4. The summed E-state index contributed by atoms with van der Waals surface area (Å²) in [5.41, 5.74) is 15.8. The van der Waals surface area contributed by atoms with E-state index in [-0.39, 0.29) is 35.5 Å². The highest BCUT2D eigenvalue weighted by atomic mass is 32.2. The van der Waals surface area contributed by atoms with Crippen molar-refractivity contribution in [2.75, 3.05) is 17.2 Å². The lowest BCUT2D eigenvalue weighted by Crippen LogP contribution is -2.32. The molecule has 2 aromatic carbocycles. The van der Waals surface area contributed by atoms with Crippen LogP contribution in [0.25, 0.3) is 6.08 Å². The molecule has 0 bridgehead atoms. The second-order valence-corrected chi connectivity index (χ2v) is 9.22. The van der Waals surface area contributed by atoms with Crippen molar-refractivity contribution in [3.63, 3.8) is 0 Å². The molecule has 3 aromatic rings. The van der Waals surface area contributed by atoms with E-state index in [9.17, 15) is 4.79 Å². The van der Waals surface area contributed by atoms with Gasteiger partial charge in [-0.05, 0) is 42.0 Å². The molecule has 172 valence electrons. The molecular formula is C25H25N7OS. The summed E-state index contributed by atoms with van der Waals surface area (Å²) >= 11 is 1.18. The second kappa shape index (κ2) is 9.64. The summed E-state index contributed by atoms with van der Waals surface area (Å²) in [6, 6.07) is 20.2. The van der Waals surface area contributed by atoms with E-state index in [1.165, 1.54) is 17.3 Å². The molecule has 34 heavy (non-hydrogen) atoms. The van der Waals surface area contributed by atoms with E-state index < -0.39 is 0 Å². The van der Waals surface area contributed by atoms with Crippen LogP contribution in [-0.4, -0.2) is 37.3 Å². The number of hydrazone groups is 1. The number of benzene rings is 2. The number of nitrogens with two attached hydrogens (primary N) is 2. The lowest BCUT2D eigenvalue weighted by molar-refractivity contribution is -0.130. The number of nitrogens with zero attached hydrogens (tertiary/aromatic N) is 5. The average Bonchev–Trinajstić information content (AvgIpc) is 3.24. The molecule has 1 fully saturated rings. The number of carbonyl (C=O) groups excluding carboxylic acids is 1. The van der Waals surface area contributed by atoms with Crippen molar-refractivity contribution in [1.82, 2.24) is 20.0 Å². The van der Waals surface area contributed by atoms with Crippen LogP contribution in [0.3, 0.4) is 0 Å². The Kier molecular flexibility index (Phi) is 6.27. The largest absolute Gasteiger partial charge is 0.368 e. The molecular weight excluding hydrogens is 446 g/mol. The highest BCUT2D eigenvalue weighted by Crippen LogP contribution is 2.44. The number of hydrogen-bond donors (Lipinski definition) is 2. The first-order chi connectivity index (χ1) is 16.6. The van der Waals surface area contributed by atoms with Crippen LogP contribution in [0.15, 0.2) is 76.5 Å². The van der Waals surface area contributed by atoms with Crippen molar-refractivity contribution in [2.45, 2.75) is 30.5 Å². The monoisotopic (exact) mass is 471 g/mol. The van der Waals surface area contributed by atoms with Crippen LogP contribution in [0.4, 0.5) is 11.9 Å². The highest BCUT2D eigenvalue weighted by Gasteiger charge is 2.43. The van der Waals surface area contributed by atoms with E-state index in [2.05, 4.69) is 45.3 Å². The summed E-state index contributed by atoms with van der Waals surface area (Å²) in [7, 11) is 0. The molecule has 1 saturated carbocycles. The van der Waals surface area contributed by atoms with Gasteiger partial charge in [0.1, 0.15) is 0 Å². The predicted molar refractivity (Wildman–Crippen MR) is 135 cm³/mol. The summed E-state index contributed by atoms with van der Waals surface area (Å²) in [6.45, 7) is 0. The molecule has 1 aliphatic carbocycles. The van der Waals surface area contributed by atoms with Gasteiger partial charge >= 0.3 is 0 Å². The molecule has 0 spiro atoms. The Labute approximate surface area is 202 Å². The number of allylic oxidation sites excluding steroid dienone is 1. The highest BCUT2D eigenvalue weighted by molar-refractivity contribution is 7.99. The van der Waals surface area contributed by atoms with Crippen molar-refractivity contribution >= 4 is 41.4 Å². The van der Waals surface area contributed by atoms with Crippen molar-refractivity contribution in [1.29, 1.82) is 0 Å². The molecule has 2 atom stereocenters. The standard InChI is InChI=1S/C25H25N7OS/c26-23-28-24(27)30-25(29-23)34-15-20(33)32-22(17-10-5-2-6-11-17)19-13-7-12-18(21(19)31-32)14-16-8-3-1-4-9-16/h1-6,8-11,14,19,22H,7,12-13,15H2,(H4,26,27,28,29,30)/b18-14-. The van der Waals surface area contributed by atoms with Gasteiger partial charge in [-0.1, -0.05) is 72.4 Å². The van der Waals surface area contributed by atoms with Gasteiger partial charge in [0.2, 0.25) is 11.9 Å². The van der Waals surface area contributed by atoms with Crippen LogP contribution in [0, 0.1) is 5.92 Å². The van der Waals surface area contributed by atoms with Gasteiger partial charge in [0.05, 0.1) is 17.5 Å². The Morgan fingerprint density at radius 1 is 1.00 bits per heavy atom. The summed E-state index contributed by atoms with van der Waals surface area (Å²) in [5.74, 6) is 0.231. The van der Waals surface area contributed by atoms with Gasteiger partial charge in [0, 0.05) is 5.92 Å². The lowest BCUT2D eigenvalue weighted by atomic mass is 9.77. The Hall–Kier alpha value is -3.72. The minimum Gasteiger partial charge on any atom is -0.368 e. The van der Waals surface area contributed by atoms with Gasteiger partial charge in [-0.25, -0.2) is 5.01 Å². The number of hydrogen-bond acceptors (Lipinski definition) is 8. The molecule has 9 heteroatoms. The number of thioether (sulfide) groups is 1. The van der Waals surface area contributed by atoms with Gasteiger partial charge in [-0.15, -0.1) is 0 Å². The normalized spacial score (nSPS) is 20.8. The van der Waals surface area contributed by atoms with Gasteiger partial charge in [-0.3, -0.25) is 4.79 Å². The number of anilines is 2. The predicted octanol–water partition coefficient (Wildman–Crippen LogP) is 3.95. The topological polar surface area (TPSA) is 123 Å². The minimum absolute atomic E-state index is 0.0349. The first-order valence-electron chi connectivity index (χ1n) is 11.2. The molecule has 2 aliphatic rings. The molecule has 1 aromatic heterocycles. The van der Waals surface area contributed by atoms with E-state index in [1.54, 1.807) is 5.01 Å². The molecule has 1 aliphatic heterocycles. The fraction of sp³-hybridized carbons (Fsp3) is 0.240. The molecule has 1 amide bonds. The van der Waals surface area contributed by atoms with Crippen molar-refractivity contribution in [3.05, 3.63) is 77.4 Å². The quantitative estimate of drug-likeness (QED) is 0.540. The molecule has 8 nitrogen and oxygen atoms in total. The van der Waals surface area contributed by atoms with Crippen LogP contribution in [0.1, 0.15) is 36.4 Å². The third kappa shape index (κ3) is 4.65. The summed E-state index contributed by atoms with van der Waals surface area (Å²) in [4.78, 5) is 25.3. The molecule has 0 saturated heterocycles. The van der Waals surface area contributed by atoms with Crippen LogP contribution >= 0.6 is 11.8 Å². The second-order valence-electron chi connectivity index (χ2n) is 8.28. The summed E-state index contributed by atoms with van der Waals surface area (Å²) in [6.07, 6.45) is 5.20. The zero-order chi connectivity index (χ0) is 23.5. The Morgan fingerprint density at radius 3 is 2.38 bits per heavy atom. The minimum atomic E-state index is -0.141. The van der Waals surface area contributed by atoms with Gasteiger partial charge in [0.25, 0.3) is 5.91 Å². The zero-order valence-corrected chi connectivity index (χ0v) is 19.4. The van der Waals surface area contributed by atoms with Crippen molar-refractivity contribution in [2.24, 2.45) is 11.0 Å². The third-order valence-corrected chi connectivity index (χ3v) is 6.84. The van der Waals surface area contributed by atoms with Gasteiger partial charge in [0.15, 0.2) is 5.16 Å². The molecule has 2 heterocycles. The smallest absolute Gasteiger partial charge is 0.253 e. The summed E-state index contributed by atoms with van der Waals surface area (Å²) in [5, 5.41) is 6.88. The van der Waals surface area contributed by atoms with Crippen LogP contribution in [-0.2, 0) is 4.79 Å². The van der Waals surface area contributed by atoms with Crippen molar-refractivity contribution < 1.29 is 4.79 Å². The number of fused-ring (bicyclic) bond motifs is 1. The fourth-order valence-corrected chi connectivity index (χ4v) is 5.29. The van der Waals surface area contributed by atoms with Crippen molar-refractivity contribution in [3.8, 4) is 0 Å².